The molecular formula is C64H63N21O4. The van der Waals surface area contributed by atoms with Gasteiger partial charge >= 0.3 is 18.1 Å². The smallest absolute Gasteiger partial charge is 0.321 e. The molecule has 9 aromatic heterocycles. The first-order valence-corrected chi connectivity index (χ1v) is 28.3. The summed E-state index contributed by atoms with van der Waals surface area (Å²) in [6.45, 7) is 8.59. The van der Waals surface area contributed by atoms with Gasteiger partial charge in [0.2, 0.25) is 23.8 Å². The summed E-state index contributed by atoms with van der Waals surface area (Å²) in [6, 6.07) is 39.3. The highest BCUT2D eigenvalue weighted by atomic mass is 16.2. The average Bonchev–Trinajstić information content (AvgIpc) is 1.84. The fraction of sp³-hybridized carbons (Fsp3) is 0.141. The molecule has 9 heterocycles. The Hall–Kier alpha value is -12.2. The number of fused-ring (bicyclic) bond motifs is 3. The molecule has 0 bridgehead atoms. The van der Waals surface area contributed by atoms with E-state index >= 15 is 0 Å². The van der Waals surface area contributed by atoms with E-state index in [-0.39, 0.29) is 24.0 Å². The molecule has 7 amide bonds. The molecule has 448 valence electrons. The molecule has 0 saturated carbocycles. The number of imidazole rings is 3. The van der Waals surface area contributed by atoms with Crippen molar-refractivity contribution in [3.63, 3.8) is 0 Å². The van der Waals surface area contributed by atoms with Gasteiger partial charge in [0.15, 0.2) is 0 Å². The van der Waals surface area contributed by atoms with Crippen molar-refractivity contribution in [3.05, 3.63) is 165 Å². The molecule has 0 fully saturated rings. The first-order chi connectivity index (χ1) is 43.3. The number of anilines is 6. The highest BCUT2D eigenvalue weighted by molar-refractivity contribution is 6.01. The van der Waals surface area contributed by atoms with Crippen LogP contribution in [0.4, 0.5) is 49.7 Å². The first-order valence-electron chi connectivity index (χ1n) is 28.3. The third-order valence-corrected chi connectivity index (χ3v) is 13.6. The van der Waals surface area contributed by atoms with Crippen LogP contribution >= 0.6 is 0 Å². The number of nitrogen functional groups attached to an aromatic ring is 1. The van der Waals surface area contributed by atoms with E-state index in [2.05, 4.69) is 97.0 Å². The quantitative estimate of drug-likeness (QED) is 0.0482. The molecule has 12 aromatic rings. The number of nitrogens with two attached hydrogens (primary N) is 1. The molecule has 25 nitrogen and oxygen atoms in total. The van der Waals surface area contributed by atoms with Crippen molar-refractivity contribution in [2.75, 3.05) is 65.6 Å². The van der Waals surface area contributed by atoms with Crippen LogP contribution in [0, 0.1) is 0 Å². The number of hydrogen-bond acceptors (Lipinski definition) is 15. The van der Waals surface area contributed by atoms with Crippen molar-refractivity contribution >= 4 is 92.4 Å². The van der Waals surface area contributed by atoms with Crippen LogP contribution in [0.1, 0.15) is 27.7 Å². The summed E-state index contributed by atoms with van der Waals surface area (Å²) in [5, 5.41) is 19.3. The number of aromatic nitrogens is 12. The van der Waals surface area contributed by atoms with E-state index in [0.717, 1.165) is 83.6 Å². The number of pyridine rings is 6. The van der Waals surface area contributed by atoms with Gasteiger partial charge in [-0.25, -0.2) is 44.3 Å². The highest BCUT2D eigenvalue weighted by Crippen LogP contribution is 2.37. The molecule has 89 heavy (non-hydrogen) atoms. The van der Waals surface area contributed by atoms with Crippen LogP contribution in [0.5, 0.6) is 0 Å². The minimum absolute atomic E-state index is 0.114. The van der Waals surface area contributed by atoms with Gasteiger partial charge in [0.25, 0.3) is 0 Å². The summed E-state index contributed by atoms with van der Waals surface area (Å²) in [6.07, 6.45) is 10.6. The summed E-state index contributed by atoms with van der Waals surface area (Å²) >= 11 is 0. The van der Waals surface area contributed by atoms with E-state index < -0.39 is 0 Å². The van der Waals surface area contributed by atoms with Crippen LogP contribution in [0.15, 0.2) is 165 Å². The van der Waals surface area contributed by atoms with E-state index in [1.165, 1.54) is 11.8 Å². The first kappa shape index (κ1) is 60.0. The van der Waals surface area contributed by atoms with Crippen molar-refractivity contribution in [2.45, 2.75) is 27.7 Å². The molecule has 0 spiro atoms. The van der Waals surface area contributed by atoms with E-state index in [1.807, 2.05) is 149 Å². The van der Waals surface area contributed by atoms with Gasteiger partial charge in [-0.05, 0) is 128 Å². The molecule has 12 rings (SSSR count). The Labute approximate surface area is 510 Å². The Morgan fingerprint density at radius 2 is 0.843 bits per heavy atom. The second-order valence-electron chi connectivity index (χ2n) is 19.8. The number of carbonyl (C=O) groups excluding carboxylic acids is 4. The number of rotatable bonds is 14. The molecular weight excluding hydrogens is 1130 g/mol. The predicted octanol–water partition coefficient (Wildman–Crippen LogP) is 11.1. The monoisotopic (exact) mass is 1190 g/mol. The zero-order chi connectivity index (χ0) is 62.4. The largest absolute Gasteiger partial charge is 0.384 e. The number of aromatic amines is 3. The minimum Gasteiger partial charge on any atom is -0.384 e. The Morgan fingerprint density at radius 3 is 1.20 bits per heavy atom. The number of H-pyrrole nitrogens is 3. The fourth-order valence-corrected chi connectivity index (χ4v) is 9.40. The third-order valence-electron chi connectivity index (χ3n) is 13.6. The molecule has 0 unspecified atom stereocenters. The van der Waals surface area contributed by atoms with Gasteiger partial charge in [0.05, 0.1) is 50.2 Å². The van der Waals surface area contributed by atoms with E-state index in [1.54, 1.807) is 50.2 Å². The van der Waals surface area contributed by atoms with Gasteiger partial charge in [-0.3, -0.25) is 35.7 Å². The zero-order valence-corrected chi connectivity index (χ0v) is 49.4. The minimum atomic E-state index is -0.344. The SMILES string of the molecule is CCNC(=O)Nc1nc2c(-c3cccc(N(C)C(C)=O)n3)cc(-c3cccnc3)cc2[nH]1.CCNC(=O)Nc1nc2c(-c3cccc(N)n3)cc(-c3cccnc3)cc2[nH]1.CCNC(=O)Nc1nc2c(-c3cccc(NC)n3)cc(-c3cccnc3)cc2[nH]1. The molecule has 0 aliphatic rings. The maximum atomic E-state index is 12.0. The maximum absolute atomic E-state index is 12.0. The zero-order valence-electron chi connectivity index (χ0n) is 49.4. The number of nitrogens with one attached hydrogen (secondary N) is 10. The summed E-state index contributed by atoms with van der Waals surface area (Å²) in [7, 11) is 3.51. The van der Waals surface area contributed by atoms with E-state index in [4.69, 9.17) is 5.73 Å². The number of carbonyl (C=O) groups is 4. The Balaban J connectivity index is 0.000000147. The Morgan fingerprint density at radius 1 is 0.461 bits per heavy atom. The lowest BCUT2D eigenvalue weighted by molar-refractivity contribution is -0.116. The number of urea groups is 3. The van der Waals surface area contributed by atoms with Crippen molar-refractivity contribution < 1.29 is 19.2 Å². The highest BCUT2D eigenvalue weighted by Gasteiger charge is 2.20. The summed E-state index contributed by atoms with van der Waals surface area (Å²) in [5.41, 5.74) is 20.5. The number of benzene rings is 3. The number of hydrogen-bond donors (Lipinski definition) is 11. The molecule has 0 aliphatic heterocycles. The van der Waals surface area contributed by atoms with Crippen molar-refractivity contribution in [3.8, 4) is 67.2 Å². The third kappa shape index (κ3) is 14.5. The summed E-state index contributed by atoms with van der Waals surface area (Å²) < 4.78 is 0. The fourth-order valence-electron chi connectivity index (χ4n) is 9.40. The van der Waals surface area contributed by atoms with Crippen LogP contribution in [-0.2, 0) is 4.79 Å². The molecule has 3 aromatic carbocycles. The lowest BCUT2D eigenvalue weighted by Crippen LogP contribution is -2.28. The van der Waals surface area contributed by atoms with Crippen LogP contribution in [0.3, 0.4) is 0 Å². The molecule has 0 aliphatic carbocycles. The average molecular weight is 1190 g/mol. The summed E-state index contributed by atoms with van der Waals surface area (Å²) in [4.78, 5) is 98.7. The Bertz CT molecular complexity index is 4480. The topological polar surface area (TPSA) is 345 Å². The van der Waals surface area contributed by atoms with E-state index in [9.17, 15) is 19.2 Å². The number of amides is 7. The summed E-state index contributed by atoms with van der Waals surface area (Å²) in [5.74, 6) is 2.66. The van der Waals surface area contributed by atoms with Crippen LogP contribution < -0.4 is 47.9 Å². The lowest BCUT2D eigenvalue weighted by Gasteiger charge is -2.15. The second-order valence-corrected chi connectivity index (χ2v) is 19.8. The molecule has 0 saturated heterocycles. The van der Waals surface area contributed by atoms with Crippen LogP contribution in [-0.4, -0.2) is 118 Å². The molecule has 0 radical (unpaired) electrons. The van der Waals surface area contributed by atoms with Crippen molar-refractivity contribution in [1.82, 2.24) is 75.8 Å². The Kier molecular flexibility index (Phi) is 18.7. The second kappa shape index (κ2) is 27.7. The van der Waals surface area contributed by atoms with Crippen molar-refractivity contribution in [2.24, 2.45) is 0 Å². The molecule has 12 N–H and O–H groups in total. The van der Waals surface area contributed by atoms with Gasteiger partial charge in [0, 0.05) is 111 Å². The van der Waals surface area contributed by atoms with Gasteiger partial charge in [0.1, 0.15) is 17.5 Å². The maximum Gasteiger partial charge on any atom is 0.321 e. The molecule has 25 heteroatoms. The van der Waals surface area contributed by atoms with Crippen molar-refractivity contribution in [1.29, 1.82) is 0 Å². The van der Waals surface area contributed by atoms with Crippen LogP contribution in [0.25, 0.3) is 100 Å². The van der Waals surface area contributed by atoms with Gasteiger partial charge in [-0.2, -0.15) is 0 Å². The lowest BCUT2D eigenvalue weighted by atomic mass is 10.0. The van der Waals surface area contributed by atoms with Crippen LogP contribution in [0.2, 0.25) is 0 Å². The number of nitrogens with zero attached hydrogens (tertiary/aromatic N) is 10. The van der Waals surface area contributed by atoms with Gasteiger partial charge < -0.3 is 46.9 Å². The standard InChI is InChI=1S/C23H23N7O2.C21H21N7O.C20H19N7O/c1-4-25-23(32)29-22-27-19-12-16(15-7-6-10-24-13-15)11-17(21(19)28-22)18-8-5-9-20(26-18)30(3)14(2)31;1-3-24-21(29)28-20-26-17-11-14(13-6-5-9-23-12-13)10-15(19(17)27-20)16-7-4-8-18(22-2)25-16;1-2-23-20(28)27-19-25-16-10-13(12-5-4-8-22-11-12)9-14(18(16)26-19)15-6-3-7-17(21)24-15/h5-13H,4H2,1-3H3,(H3,25,27,28,29,32);4-12H,3H2,1-2H3,(H,22,25)(H3,24,26,27,28,29);3-11H,2H2,1H3,(H2,21,24)(H3,23,25,26,27,28). The van der Waals surface area contributed by atoms with Gasteiger partial charge in [-0.15, -0.1) is 0 Å². The molecule has 0 atom stereocenters. The predicted molar refractivity (Wildman–Crippen MR) is 349 cm³/mol. The van der Waals surface area contributed by atoms with Gasteiger partial charge in [-0.1, -0.05) is 36.4 Å². The van der Waals surface area contributed by atoms with E-state index in [0.29, 0.717) is 71.5 Å². The normalized spacial score (nSPS) is 10.7.